The molecule has 0 atom stereocenters. The lowest BCUT2D eigenvalue weighted by Gasteiger charge is -2.09. The molecule has 1 N–H and O–H groups in total. The summed E-state index contributed by atoms with van der Waals surface area (Å²) >= 11 is 0. The predicted molar refractivity (Wildman–Crippen MR) is 99.8 cm³/mol. The van der Waals surface area contributed by atoms with E-state index in [1.54, 1.807) is 49.9 Å². The zero-order chi connectivity index (χ0) is 19.9. The van der Waals surface area contributed by atoms with E-state index in [0.29, 0.717) is 42.0 Å². The third kappa shape index (κ3) is 4.22. The van der Waals surface area contributed by atoms with Gasteiger partial charge in [-0.1, -0.05) is 0 Å². The number of amides is 1. The number of ether oxygens (including phenoxy) is 4. The molecule has 3 aromatic rings. The van der Waals surface area contributed by atoms with Crippen molar-refractivity contribution in [2.45, 2.75) is 6.92 Å². The van der Waals surface area contributed by atoms with Gasteiger partial charge in [0.25, 0.3) is 0 Å². The quantitative estimate of drug-likeness (QED) is 0.584. The Kier molecular flexibility index (Phi) is 6.10. The average molecular weight is 387 g/mol. The van der Waals surface area contributed by atoms with Gasteiger partial charge in [0.05, 0.1) is 27.4 Å². The lowest BCUT2D eigenvalue weighted by molar-refractivity contribution is 0.149. The molecule has 0 spiro atoms. The molecule has 2 heterocycles. The number of rotatable bonds is 8. The molecule has 3 rings (SSSR count). The van der Waals surface area contributed by atoms with Gasteiger partial charge in [0, 0.05) is 11.6 Å². The zero-order valence-electron chi connectivity index (χ0n) is 15.8. The number of nitrogens with zero attached hydrogens (tertiary/aromatic N) is 4. The van der Waals surface area contributed by atoms with Gasteiger partial charge in [0.1, 0.15) is 6.61 Å². The van der Waals surface area contributed by atoms with Crippen LogP contribution in [0.25, 0.3) is 17.0 Å². The molecule has 0 fully saturated rings. The Balaban J connectivity index is 1.76. The van der Waals surface area contributed by atoms with Gasteiger partial charge in [-0.2, -0.15) is 4.52 Å². The third-order valence-electron chi connectivity index (χ3n) is 3.78. The maximum absolute atomic E-state index is 11.2. The van der Waals surface area contributed by atoms with Crippen LogP contribution in [-0.2, 0) is 4.74 Å². The number of aromatic nitrogens is 4. The van der Waals surface area contributed by atoms with Crippen LogP contribution in [0.1, 0.15) is 6.92 Å². The van der Waals surface area contributed by atoms with Gasteiger partial charge >= 0.3 is 6.09 Å². The summed E-state index contributed by atoms with van der Waals surface area (Å²) in [5, 5.41) is 15.3. The molecule has 0 saturated carbocycles. The summed E-state index contributed by atoms with van der Waals surface area (Å²) in [5.74, 6) is 2.10. The maximum Gasteiger partial charge on any atom is 0.407 e. The molecule has 2 aromatic heterocycles. The van der Waals surface area contributed by atoms with Crippen LogP contribution >= 0.6 is 0 Å². The van der Waals surface area contributed by atoms with Crippen molar-refractivity contribution in [1.29, 1.82) is 0 Å². The largest absolute Gasteiger partial charge is 0.493 e. The molecule has 1 amide bonds. The molecule has 0 bridgehead atoms. The van der Waals surface area contributed by atoms with Crippen molar-refractivity contribution >= 4 is 11.7 Å². The first-order valence-corrected chi connectivity index (χ1v) is 8.64. The average Bonchev–Trinajstić information content (AvgIpc) is 3.14. The zero-order valence-corrected chi connectivity index (χ0v) is 15.8. The van der Waals surface area contributed by atoms with Gasteiger partial charge in [0.2, 0.25) is 5.88 Å². The topological polar surface area (TPSA) is 109 Å². The van der Waals surface area contributed by atoms with Crippen molar-refractivity contribution in [2.24, 2.45) is 0 Å². The van der Waals surface area contributed by atoms with E-state index >= 15 is 0 Å². The first-order valence-electron chi connectivity index (χ1n) is 8.64. The lowest BCUT2D eigenvalue weighted by atomic mass is 10.2. The van der Waals surface area contributed by atoms with E-state index < -0.39 is 6.09 Å². The van der Waals surface area contributed by atoms with Crippen molar-refractivity contribution in [1.82, 2.24) is 25.1 Å². The summed E-state index contributed by atoms with van der Waals surface area (Å²) in [4.78, 5) is 11.2. The molecule has 10 heteroatoms. The van der Waals surface area contributed by atoms with Gasteiger partial charge < -0.3 is 24.3 Å². The van der Waals surface area contributed by atoms with E-state index in [1.807, 2.05) is 6.07 Å². The summed E-state index contributed by atoms with van der Waals surface area (Å²) in [6, 6.07) is 8.87. The van der Waals surface area contributed by atoms with Crippen molar-refractivity contribution < 1.29 is 23.7 Å². The number of carbonyl (C=O) groups excluding carboxylic acids is 1. The second-order valence-electron chi connectivity index (χ2n) is 5.53. The number of carbonyl (C=O) groups is 1. The standard InChI is InChI=1S/C18H21N5O5/c1-4-27-18(24)19-9-10-28-16-8-7-15-20-21-17(23(15)22-16)12-5-6-13(25-2)14(11-12)26-3/h5-8,11H,4,9-10H2,1-3H3,(H,19,24). The second kappa shape index (κ2) is 8.89. The summed E-state index contributed by atoms with van der Waals surface area (Å²) < 4.78 is 22.5. The molecule has 0 aliphatic rings. The predicted octanol–water partition coefficient (Wildman–Crippen LogP) is 1.93. The number of hydrogen-bond donors (Lipinski definition) is 1. The first kappa shape index (κ1) is 19.2. The molecule has 0 radical (unpaired) electrons. The Morgan fingerprint density at radius 2 is 1.93 bits per heavy atom. The van der Waals surface area contributed by atoms with Crippen LogP contribution in [0.2, 0.25) is 0 Å². The summed E-state index contributed by atoms with van der Waals surface area (Å²) in [7, 11) is 3.14. The number of nitrogens with one attached hydrogen (secondary N) is 1. The van der Waals surface area contributed by atoms with Crippen LogP contribution in [0.4, 0.5) is 4.79 Å². The highest BCUT2D eigenvalue weighted by Gasteiger charge is 2.13. The number of methoxy groups -OCH3 is 2. The highest BCUT2D eigenvalue weighted by atomic mass is 16.5. The summed E-state index contributed by atoms with van der Waals surface area (Å²) in [6.45, 7) is 2.59. The van der Waals surface area contributed by atoms with Crippen molar-refractivity contribution in [3.05, 3.63) is 30.3 Å². The highest BCUT2D eigenvalue weighted by molar-refractivity contribution is 5.67. The molecule has 1 aromatic carbocycles. The molecule has 28 heavy (non-hydrogen) atoms. The van der Waals surface area contributed by atoms with Crippen LogP contribution in [0.15, 0.2) is 30.3 Å². The number of fused-ring (bicyclic) bond motifs is 1. The van der Waals surface area contributed by atoms with Crippen molar-refractivity contribution in [2.75, 3.05) is 34.0 Å². The molecule has 0 unspecified atom stereocenters. The first-order chi connectivity index (χ1) is 13.7. The minimum absolute atomic E-state index is 0.241. The highest BCUT2D eigenvalue weighted by Crippen LogP contribution is 2.31. The van der Waals surface area contributed by atoms with E-state index in [0.717, 1.165) is 5.56 Å². The van der Waals surface area contributed by atoms with Crippen molar-refractivity contribution in [3.63, 3.8) is 0 Å². The van der Waals surface area contributed by atoms with Crippen molar-refractivity contribution in [3.8, 4) is 28.8 Å². The second-order valence-corrected chi connectivity index (χ2v) is 5.53. The summed E-state index contributed by atoms with van der Waals surface area (Å²) in [6.07, 6.45) is -0.482. The SMILES string of the molecule is CCOC(=O)NCCOc1ccc2nnc(-c3ccc(OC)c(OC)c3)n2n1. The fourth-order valence-electron chi connectivity index (χ4n) is 2.50. The van der Waals surface area contributed by atoms with E-state index in [-0.39, 0.29) is 6.61 Å². The molecular weight excluding hydrogens is 366 g/mol. The van der Waals surface area contributed by atoms with Crippen LogP contribution in [0.3, 0.4) is 0 Å². The number of hydrogen-bond acceptors (Lipinski definition) is 8. The van der Waals surface area contributed by atoms with E-state index in [4.69, 9.17) is 18.9 Å². The van der Waals surface area contributed by atoms with Crippen LogP contribution in [-0.4, -0.2) is 59.9 Å². The van der Waals surface area contributed by atoms with E-state index in [2.05, 4.69) is 20.6 Å². The minimum atomic E-state index is -0.482. The Labute approximate surface area is 161 Å². The van der Waals surface area contributed by atoms with E-state index in [9.17, 15) is 4.79 Å². The van der Waals surface area contributed by atoms with Gasteiger partial charge in [0.15, 0.2) is 23.0 Å². The van der Waals surface area contributed by atoms with E-state index in [1.165, 1.54) is 0 Å². The molecule has 10 nitrogen and oxygen atoms in total. The van der Waals surface area contributed by atoms with Gasteiger partial charge in [-0.3, -0.25) is 0 Å². The molecule has 0 aliphatic heterocycles. The van der Waals surface area contributed by atoms with Gasteiger partial charge in [-0.05, 0) is 31.2 Å². The monoisotopic (exact) mass is 387 g/mol. The molecule has 0 saturated heterocycles. The lowest BCUT2D eigenvalue weighted by Crippen LogP contribution is -2.28. The smallest absolute Gasteiger partial charge is 0.407 e. The maximum atomic E-state index is 11.2. The Morgan fingerprint density at radius 3 is 2.68 bits per heavy atom. The Morgan fingerprint density at radius 1 is 1.11 bits per heavy atom. The normalized spacial score (nSPS) is 10.5. The Hall–Kier alpha value is -3.56. The fraction of sp³-hybridized carbons (Fsp3) is 0.333. The van der Waals surface area contributed by atoms with Gasteiger partial charge in [-0.15, -0.1) is 15.3 Å². The number of benzene rings is 1. The molecular formula is C18H21N5O5. The Bertz CT molecular complexity index is 959. The van der Waals surface area contributed by atoms with Gasteiger partial charge in [-0.25, -0.2) is 4.79 Å². The molecule has 148 valence electrons. The fourth-order valence-corrected chi connectivity index (χ4v) is 2.50. The van der Waals surface area contributed by atoms with Crippen LogP contribution < -0.4 is 19.5 Å². The minimum Gasteiger partial charge on any atom is -0.493 e. The summed E-state index contributed by atoms with van der Waals surface area (Å²) in [5.41, 5.74) is 1.33. The molecule has 0 aliphatic carbocycles. The van der Waals surface area contributed by atoms with Crippen LogP contribution in [0, 0.1) is 0 Å². The number of alkyl carbamates (subject to hydrolysis) is 1. The third-order valence-corrected chi connectivity index (χ3v) is 3.78. The van der Waals surface area contributed by atoms with Crippen LogP contribution in [0.5, 0.6) is 17.4 Å².